The number of amides is 1. The van der Waals surface area contributed by atoms with Gasteiger partial charge in [-0.05, 0) is 12.5 Å². The fourth-order valence-corrected chi connectivity index (χ4v) is 3.15. The Morgan fingerprint density at radius 1 is 1.11 bits per heavy atom. The van der Waals surface area contributed by atoms with Crippen molar-refractivity contribution in [3.63, 3.8) is 0 Å². The Labute approximate surface area is 159 Å². The van der Waals surface area contributed by atoms with Gasteiger partial charge in [-0.2, -0.15) is 0 Å². The van der Waals surface area contributed by atoms with Crippen LogP contribution in [0.3, 0.4) is 0 Å². The third-order valence-corrected chi connectivity index (χ3v) is 4.71. The van der Waals surface area contributed by atoms with Crippen LogP contribution in [0.5, 0.6) is 0 Å². The van der Waals surface area contributed by atoms with Crippen LogP contribution in [-0.2, 0) is 13.6 Å². The zero-order valence-electron chi connectivity index (χ0n) is 16.1. The highest BCUT2D eigenvalue weighted by atomic mass is 16.2. The van der Waals surface area contributed by atoms with Gasteiger partial charge >= 0.3 is 0 Å². The number of hydrogen-bond acceptors (Lipinski definition) is 6. The Bertz CT molecular complexity index is 846. The molecule has 3 heterocycles. The lowest BCUT2D eigenvalue weighted by Crippen LogP contribution is -2.35. The van der Waals surface area contributed by atoms with E-state index in [4.69, 9.17) is 0 Å². The molecule has 1 aliphatic heterocycles. The van der Waals surface area contributed by atoms with Crippen molar-refractivity contribution in [2.75, 3.05) is 45.2 Å². The molecule has 2 aromatic heterocycles. The molecule has 0 spiro atoms. The molecule has 2 aromatic rings. The summed E-state index contributed by atoms with van der Waals surface area (Å²) in [7, 11) is 5.49. The average molecular weight is 370 g/mol. The van der Waals surface area contributed by atoms with Crippen molar-refractivity contribution < 1.29 is 4.79 Å². The molecule has 1 fully saturated rings. The summed E-state index contributed by atoms with van der Waals surface area (Å²) in [6, 6.07) is 3.05. The molecular formula is C19H26N6O2. The van der Waals surface area contributed by atoms with E-state index in [0.29, 0.717) is 24.6 Å². The van der Waals surface area contributed by atoms with Crippen LogP contribution >= 0.6 is 0 Å². The van der Waals surface area contributed by atoms with Crippen molar-refractivity contribution in [3.8, 4) is 0 Å². The Hall–Kier alpha value is -2.74. The van der Waals surface area contributed by atoms with E-state index in [-0.39, 0.29) is 11.5 Å². The van der Waals surface area contributed by atoms with Gasteiger partial charge in [0.1, 0.15) is 0 Å². The first-order valence-electron chi connectivity index (χ1n) is 9.10. The van der Waals surface area contributed by atoms with Gasteiger partial charge in [-0.25, -0.2) is 9.97 Å². The van der Waals surface area contributed by atoms with Crippen LogP contribution in [0.4, 0.5) is 5.95 Å². The van der Waals surface area contributed by atoms with Crippen LogP contribution in [0.25, 0.3) is 0 Å². The van der Waals surface area contributed by atoms with E-state index in [0.717, 1.165) is 31.6 Å². The summed E-state index contributed by atoms with van der Waals surface area (Å²) in [5, 5.41) is 0. The molecule has 144 valence electrons. The minimum Gasteiger partial charge on any atom is -0.347 e. The highest BCUT2D eigenvalue weighted by Crippen LogP contribution is 2.12. The molecule has 1 saturated heterocycles. The third kappa shape index (κ3) is 4.71. The first-order chi connectivity index (χ1) is 12.9. The van der Waals surface area contributed by atoms with Crippen molar-refractivity contribution in [2.45, 2.75) is 13.0 Å². The van der Waals surface area contributed by atoms with Gasteiger partial charge in [-0.15, -0.1) is 0 Å². The maximum Gasteiger partial charge on any atom is 0.255 e. The van der Waals surface area contributed by atoms with Crippen molar-refractivity contribution in [3.05, 3.63) is 52.2 Å². The topological polar surface area (TPSA) is 74.6 Å². The third-order valence-electron chi connectivity index (χ3n) is 4.71. The van der Waals surface area contributed by atoms with E-state index in [9.17, 15) is 9.59 Å². The fraction of sp³-hybridized carbons (Fsp3) is 0.474. The lowest BCUT2D eigenvalue weighted by molar-refractivity contribution is 0.0760. The molecule has 1 aliphatic rings. The molecule has 0 aliphatic carbocycles. The SMILES string of the molecule is CN(C)c1ncc(CN2CCCN(C(=O)c3ccc(=O)n(C)c3)CC2)cn1. The predicted octanol–water partition coefficient (Wildman–Crippen LogP) is 0.589. The van der Waals surface area contributed by atoms with Crippen molar-refractivity contribution >= 4 is 11.9 Å². The molecule has 8 heteroatoms. The summed E-state index contributed by atoms with van der Waals surface area (Å²) in [5.41, 5.74) is 1.51. The zero-order chi connectivity index (χ0) is 19.4. The number of aromatic nitrogens is 3. The number of pyridine rings is 1. The van der Waals surface area contributed by atoms with Gasteiger partial charge < -0.3 is 14.4 Å². The summed E-state index contributed by atoms with van der Waals surface area (Å²) in [5.74, 6) is 0.676. The number of carbonyl (C=O) groups is 1. The predicted molar refractivity (Wildman–Crippen MR) is 104 cm³/mol. The van der Waals surface area contributed by atoms with Crippen molar-refractivity contribution in [1.82, 2.24) is 24.3 Å². The average Bonchev–Trinajstić information content (AvgIpc) is 2.89. The summed E-state index contributed by atoms with van der Waals surface area (Å²) >= 11 is 0. The van der Waals surface area contributed by atoms with E-state index in [2.05, 4.69) is 14.9 Å². The molecule has 8 nitrogen and oxygen atoms in total. The molecule has 0 saturated carbocycles. The van der Waals surface area contributed by atoms with Crippen LogP contribution in [0.15, 0.2) is 35.5 Å². The van der Waals surface area contributed by atoms with E-state index in [1.165, 1.54) is 10.6 Å². The molecule has 0 unspecified atom stereocenters. The second kappa shape index (κ2) is 8.30. The molecular weight excluding hydrogens is 344 g/mol. The highest BCUT2D eigenvalue weighted by molar-refractivity contribution is 5.93. The Morgan fingerprint density at radius 3 is 2.52 bits per heavy atom. The molecule has 3 rings (SSSR count). The molecule has 0 bridgehead atoms. The first kappa shape index (κ1) is 19.0. The smallest absolute Gasteiger partial charge is 0.255 e. The Kier molecular flexibility index (Phi) is 5.85. The monoisotopic (exact) mass is 370 g/mol. The summed E-state index contributed by atoms with van der Waals surface area (Å²) < 4.78 is 1.44. The summed E-state index contributed by atoms with van der Waals surface area (Å²) in [6.07, 6.45) is 6.24. The van der Waals surface area contributed by atoms with E-state index >= 15 is 0 Å². The number of rotatable bonds is 4. The van der Waals surface area contributed by atoms with Crippen LogP contribution in [-0.4, -0.2) is 70.5 Å². The standard InChI is InChI=1S/C19H26N6O2/c1-22(2)19-20-11-15(12-21-19)13-24-7-4-8-25(10-9-24)18(27)16-5-6-17(26)23(3)14-16/h5-6,11-12,14H,4,7-10,13H2,1-3H3. The Morgan fingerprint density at radius 2 is 1.85 bits per heavy atom. The van der Waals surface area contributed by atoms with Gasteiger partial charge in [0.05, 0.1) is 5.56 Å². The lowest BCUT2D eigenvalue weighted by Gasteiger charge is -2.22. The van der Waals surface area contributed by atoms with Gasteiger partial charge in [0.15, 0.2) is 0 Å². The maximum atomic E-state index is 12.7. The van der Waals surface area contributed by atoms with Gasteiger partial charge in [0.25, 0.3) is 5.91 Å². The summed E-state index contributed by atoms with van der Waals surface area (Å²) in [4.78, 5) is 39.1. The number of hydrogen-bond donors (Lipinski definition) is 0. The van der Waals surface area contributed by atoms with Gasteiger partial charge in [0, 0.05) is 84.1 Å². The number of carbonyl (C=O) groups excluding carboxylic acids is 1. The van der Waals surface area contributed by atoms with E-state index in [1.54, 1.807) is 19.3 Å². The summed E-state index contributed by atoms with van der Waals surface area (Å²) in [6.45, 7) is 3.88. The first-order valence-corrected chi connectivity index (χ1v) is 9.10. The molecule has 0 atom stereocenters. The number of aryl methyl sites for hydroxylation is 1. The van der Waals surface area contributed by atoms with Gasteiger partial charge in [-0.1, -0.05) is 0 Å². The lowest BCUT2D eigenvalue weighted by atomic mass is 10.2. The van der Waals surface area contributed by atoms with Crippen LogP contribution < -0.4 is 10.5 Å². The molecule has 0 radical (unpaired) electrons. The molecule has 1 amide bonds. The zero-order valence-corrected chi connectivity index (χ0v) is 16.1. The van der Waals surface area contributed by atoms with E-state index < -0.39 is 0 Å². The largest absolute Gasteiger partial charge is 0.347 e. The van der Waals surface area contributed by atoms with Gasteiger partial charge in [0.2, 0.25) is 11.5 Å². The Balaban J connectivity index is 1.60. The quantitative estimate of drug-likeness (QED) is 0.784. The van der Waals surface area contributed by atoms with Crippen LogP contribution in [0.2, 0.25) is 0 Å². The van der Waals surface area contributed by atoms with Crippen molar-refractivity contribution in [1.29, 1.82) is 0 Å². The second-order valence-corrected chi connectivity index (χ2v) is 7.07. The fourth-order valence-electron chi connectivity index (χ4n) is 3.15. The minimum atomic E-state index is -0.115. The molecule has 0 N–H and O–H groups in total. The molecule has 27 heavy (non-hydrogen) atoms. The molecule has 0 aromatic carbocycles. The van der Waals surface area contributed by atoms with E-state index in [1.807, 2.05) is 36.3 Å². The normalized spacial score (nSPS) is 15.4. The van der Waals surface area contributed by atoms with Crippen LogP contribution in [0.1, 0.15) is 22.3 Å². The number of nitrogens with zero attached hydrogens (tertiary/aromatic N) is 6. The van der Waals surface area contributed by atoms with Gasteiger partial charge in [-0.3, -0.25) is 14.5 Å². The maximum absolute atomic E-state index is 12.7. The second-order valence-electron chi connectivity index (χ2n) is 7.07. The van der Waals surface area contributed by atoms with Crippen LogP contribution in [0, 0.1) is 0 Å². The highest BCUT2D eigenvalue weighted by Gasteiger charge is 2.21. The van der Waals surface area contributed by atoms with Crippen molar-refractivity contribution in [2.24, 2.45) is 7.05 Å². The minimum absolute atomic E-state index is 0.0221. The number of anilines is 1.